The van der Waals surface area contributed by atoms with Crippen molar-refractivity contribution in [1.82, 2.24) is 9.78 Å². The van der Waals surface area contributed by atoms with Gasteiger partial charge in [-0.15, -0.1) is 11.3 Å². The molecule has 0 aliphatic carbocycles. The molecule has 2 rings (SSSR count). The predicted octanol–water partition coefficient (Wildman–Crippen LogP) is 2.16. The van der Waals surface area contributed by atoms with Crippen molar-refractivity contribution >= 4 is 28.0 Å². The van der Waals surface area contributed by atoms with Gasteiger partial charge in [0.15, 0.2) is 0 Å². The number of hydrogen-bond acceptors (Lipinski definition) is 6. The van der Waals surface area contributed by atoms with Gasteiger partial charge in [-0.1, -0.05) is 0 Å². The van der Waals surface area contributed by atoms with Crippen molar-refractivity contribution in [2.45, 2.75) is 20.4 Å². The molecule has 0 radical (unpaired) electrons. The van der Waals surface area contributed by atoms with Gasteiger partial charge in [0, 0.05) is 25.4 Å². The Labute approximate surface area is 121 Å². The van der Waals surface area contributed by atoms with Gasteiger partial charge in [-0.3, -0.25) is 4.68 Å². The Kier molecular flexibility index (Phi) is 4.29. The van der Waals surface area contributed by atoms with Gasteiger partial charge in [-0.05, 0) is 19.9 Å². The monoisotopic (exact) mass is 294 g/mol. The van der Waals surface area contributed by atoms with Crippen LogP contribution >= 0.6 is 11.3 Å². The molecular formula is C13H18N4O2S. The predicted molar refractivity (Wildman–Crippen MR) is 80.0 cm³/mol. The number of anilines is 2. The van der Waals surface area contributed by atoms with E-state index in [2.05, 4.69) is 10.4 Å². The van der Waals surface area contributed by atoms with Crippen molar-refractivity contribution < 1.29 is 9.53 Å². The van der Waals surface area contributed by atoms with Gasteiger partial charge >= 0.3 is 5.97 Å². The van der Waals surface area contributed by atoms with Gasteiger partial charge in [0.1, 0.15) is 4.88 Å². The smallest absolute Gasteiger partial charge is 0.350 e. The molecule has 108 valence electrons. The number of aromatic nitrogens is 2. The molecule has 6 nitrogen and oxygen atoms in total. The largest absolute Gasteiger partial charge is 0.462 e. The van der Waals surface area contributed by atoms with Crippen molar-refractivity contribution in [3.05, 3.63) is 28.4 Å². The summed E-state index contributed by atoms with van der Waals surface area (Å²) in [6, 6.07) is 1.75. The van der Waals surface area contributed by atoms with Gasteiger partial charge in [0.2, 0.25) is 0 Å². The van der Waals surface area contributed by atoms with Crippen LogP contribution < -0.4 is 11.1 Å². The summed E-state index contributed by atoms with van der Waals surface area (Å²) in [5, 5.41) is 8.37. The molecule has 2 aromatic rings. The third-order valence-corrected chi connectivity index (χ3v) is 3.88. The average molecular weight is 294 g/mol. The summed E-state index contributed by atoms with van der Waals surface area (Å²) in [4.78, 5) is 12.1. The van der Waals surface area contributed by atoms with Crippen LogP contribution in [0.1, 0.15) is 27.9 Å². The summed E-state index contributed by atoms with van der Waals surface area (Å²) in [5.74, 6) is -0.374. The lowest BCUT2D eigenvalue weighted by atomic mass is 10.2. The van der Waals surface area contributed by atoms with Gasteiger partial charge in [0.25, 0.3) is 0 Å². The number of ether oxygens (including phenoxy) is 1. The van der Waals surface area contributed by atoms with Crippen LogP contribution in [0.15, 0.2) is 12.3 Å². The molecule has 0 aliphatic rings. The highest BCUT2D eigenvalue weighted by molar-refractivity contribution is 7.18. The van der Waals surface area contributed by atoms with E-state index in [4.69, 9.17) is 10.5 Å². The first kappa shape index (κ1) is 14.4. The Morgan fingerprint density at radius 1 is 1.60 bits per heavy atom. The van der Waals surface area contributed by atoms with Crippen LogP contribution in [0.4, 0.5) is 10.7 Å². The number of nitrogens with zero attached hydrogens (tertiary/aromatic N) is 2. The molecule has 0 aliphatic heterocycles. The molecule has 20 heavy (non-hydrogen) atoms. The fourth-order valence-electron chi connectivity index (χ4n) is 1.85. The number of esters is 1. The zero-order valence-electron chi connectivity index (χ0n) is 11.8. The molecule has 0 unspecified atom stereocenters. The quantitative estimate of drug-likeness (QED) is 0.826. The van der Waals surface area contributed by atoms with Crippen molar-refractivity contribution in [3.8, 4) is 0 Å². The highest BCUT2D eigenvalue weighted by atomic mass is 32.1. The van der Waals surface area contributed by atoms with Crippen LogP contribution in [0, 0.1) is 6.92 Å². The second kappa shape index (κ2) is 5.96. The summed E-state index contributed by atoms with van der Waals surface area (Å²) in [5.41, 5.74) is 8.36. The van der Waals surface area contributed by atoms with Crippen LogP contribution in [0.25, 0.3) is 0 Å². The molecule has 0 fully saturated rings. The molecule has 7 heteroatoms. The number of carbonyl (C=O) groups excluding carboxylic acids is 1. The molecule has 2 heterocycles. The van der Waals surface area contributed by atoms with Crippen LogP contribution in [-0.2, 0) is 18.3 Å². The summed E-state index contributed by atoms with van der Waals surface area (Å²) < 4.78 is 6.73. The minimum atomic E-state index is -0.374. The van der Waals surface area contributed by atoms with Crippen LogP contribution in [0.2, 0.25) is 0 Å². The molecular weight excluding hydrogens is 276 g/mol. The molecule has 0 saturated carbocycles. The fourth-order valence-corrected chi connectivity index (χ4v) is 2.72. The van der Waals surface area contributed by atoms with Gasteiger partial charge in [-0.25, -0.2) is 4.79 Å². The topological polar surface area (TPSA) is 82.2 Å². The standard InChI is InChI=1S/C13H18N4O2S/c1-4-19-13(18)12-10(14)5-11(20-12)15-6-9-7-17(3)16-8(9)2/h5,7,15H,4,6,14H2,1-3H3. The lowest BCUT2D eigenvalue weighted by molar-refractivity contribution is 0.0533. The van der Waals surface area contributed by atoms with E-state index >= 15 is 0 Å². The average Bonchev–Trinajstić information content (AvgIpc) is 2.90. The van der Waals surface area contributed by atoms with E-state index in [0.29, 0.717) is 23.7 Å². The van der Waals surface area contributed by atoms with E-state index < -0.39 is 0 Å². The Hall–Kier alpha value is -2.02. The normalized spacial score (nSPS) is 10.6. The number of nitrogens with two attached hydrogens (primary N) is 1. The van der Waals surface area contributed by atoms with Crippen LogP contribution in [-0.4, -0.2) is 22.4 Å². The van der Waals surface area contributed by atoms with Crippen LogP contribution in [0.5, 0.6) is 0 Å². The zero-order chi connectivity index (χ0) is 14.7. The second-order valence-corrected chi connectivity index (χ2v) is 5.43. The van der Waals surface area contributed by atoms with E-state index in [1.165, 1.54) is 11.3 Å². The number of carbonyl (C=O) groups is 1. The maximum Gasteiger partial charge on any atom is 0.350 e. The third kappa shape index (κ3) is 3.11. The maximum absolute atomic E-state index is 11.7. The Morgan fingerprint density at radius 3 is 2.95 bits per heavy atom. The van der Waals surface area contributed by atoms with Gasteiger partial charge in [0.05, 0.1) is 23.0 Å². The molecule has 3 N–H and O–H groups in total. The molecule has 0 saturated heterocycles. The first-order valence-electron chi connectivity index (χ1n) is 6.30. The van der Waals surface area contributed by atoms with Crippen molar-refractivity contribution in [2.24, 2.45) is 7.05 Å². The highest BCUT2D eigenvalue weighted by Gasteiger charge is 2.15. The van der Waals surface area contributed by atoms with E-state index in [1.54, 1.807) is 17.7 Å². The first-order valence-corrected chi connectivity index (χ1v) is 7.12. The minimum Gasteiger partial charge on any atom is -0.462 e. The van der Waals surface area contributed by atoms with E-state index in [9.17, 15) is 4.79 Å². The van der Waals surface area contributed by atoms with E-state index in [0.717, 1.165) is 16.3 Å². The first-order chi connectivity index (χ1) is 9.51. The Balaban J connectivity index is 2.05. The number of hydrogen-bond donors (Lipinski definition) is 2. The minimum absolute atomic E-state index is 0.341. The molecule has 0 aromatic carbocycles. The molecule has 0 bridgehead atoms. The lowest BCUT2D eigenvalue weighted by Gasteiger charge is -2.01. The number of nitrogen functional groups attached to an aromatic ring is 1. The number of rotatable bonds is 5. The SMILES string of the molecule is CCOC(=O)c1sc(NCc2cn(C)nc2C)cc1N. The van der Waals surface area contributed by atoms with Crippen molar-refractivity contribution in [2.75, 3.05) is 17.7 Å². The van der Waals surface area contributed by atoms with E-state index in [1.807, 2.05) is 20.2 Å². The zero-order valence-corrected chi connectivity index (χ0v) is 12.6. The number of aryl methyl sites for hydroxylation is 2. The summed E-state index contributed by atoms with van der Waals surface area (Å²) in [6.45, 7) is 4.71. The highest BCUT2D eigenvalue weighted by Crippen LogP contribution is 2.30. The molecule has 0 amide bonds. The van der Waals surface area contributed by atoms with Crippen molar-refractivity contribution in [3.63, 3.8) is 0 Å². The Morgan fingerprint density at radius 2 is 2.35 bits per heavy atom. The number of nitrogens with one attached hydrogen (secondary N) is 1. The lowest BCUT2D eigenvalue weighted by Crippen LogP contribution is -2.04. The third-order valence-electron chi connectivity index (χ3n) is 2.79. The Bertz CT molecular complexity index is 618. The number of thiophene rings is 1. The maximum atomic E-state index is 11.7. The summed E-state index contributed by atoms with van der Waals surface area (Å²) in [6.07, 6.45) is 1.96. The van der Waals surface area contributed by atoms with Crippen molar-refractivity contribution in [1.29, 1.82) is 0 Å². The molecule has 0 spiro atoms. The fraction of sp³-hybridized carbons (Fsp3) is 0.385. The summed E-state index contributed by atoms with van der Waals surface area (Å²) >= 11 is 1.30. The molecule has 2 aromatic heterocycles. The van der Waals surface area contributed by atoms with Gasteiger partial charge in [-0.2, -0.15) is 5.10 Å². The van der Waals surface area contributed by atoms with E-state index in [-0.39, 0.29) is 5.97 Å². The second-order valence-electron chi connectivity index (χ2n) is 4.38. The van der Waals surface area contributed by atoms with Gasteiger partial charge < -0.3 is 15.8 Å². The van der Waals surface area contributed by atoms with Crippen LogP contribution in [0.3, 0.4) is 0 Å². The summed E-state index contributed by atoms with van der Waals surface area (Å²) in [7, 11) is 1.89. The molecule has 0 atom stereocenters.